The summed E-state index contributed by atoms with van der Waals surface area (Å²) in [5.41, 5.74) is 2.75. The van der Waals surface area contributed by atoms with Gasteiger partial charge in [-0.15, -0.1) is 0 Å². The molecular weight excluding hydrogens is 264 g/mol. The molecule has 0 spiro atoms. The Balaban J connectivity index is 2.02. The minimum atomic E-state index is -0.0935. The monoisotopic (exact) mass is 280 g/mol. The van der Waals surface area contributed by atoms with Crippen molar-refractivity contribution in [3.8, 4) is 17.1 Å². The fraction of sp³-hybridized carbons (Fsp3) is 0.118. The first-order valence-electron chi connectivity index (χ1n) is 6.70. The minimum absolute atomic E-state index is 0.0935. The molecule has 0 bridgehead atoms. The van der Waals surface area contributed by atoms with Gasteiger partial charge in [-0.1, -0.05) is 17.7 Å². The van der Waals surface area contributed by atoms with Crippen LogP contribution in [0.15, 0.2) is 65.7 Å². The fourth-order valence-electron chi connectivity index (χ4n) is 2.22. The molecule has 0 N–H and O–H groups in total. The van der Waals surface area contributed by atoms with E-state index < -0.39 is 0 Å². The van der Waals surface area contributed by atoms with E-state index >= 15 is 0 Å². The van der Waals surface area contributed by atoms with Crippen LogP contribution in [-0.4, -0.2) is 16.2 Å². The maximum absolute atomic E-state index is 12.5. The zero-order valence-electron chi connectivity index (χ0n) is 12.0. The third kappa shape index (κ3) is 2.48. The topological polar surface area (TPSA) is 36.2 Å². The van der Waals surface area contributed by atoms with Gasteiger partial charge in [-0.05, 0) is 43.3 Å². The lowest BCUT2D eigenvalue weighted by Gasteiger charge is -2.04. The molecule has 0 unspecified atom stereocenters. The molecule has 0 atom stereocenters. The molecular formula is C17H16N2O2. The quantitative estimate of drug-likeness (QED) is 0.739. The summed E-state index contributed by atoms with van der Waals surface area (Å²) in [4.78, 5) is 12.5. The van der Waals surface area contributed by atoms with Gasteiger partial charge >= 0.3 is 5.69 Å². The van der Waals surface area contributed by atoms with Crippen LogP contribution in [0, 0.1) is 6.92 Å². The van der Waals surface area contributed by atoms with Crippen molar-refractivity contribution in [2.75, 3.05) is 7.11 Å². The molecule has 4 nitrogen and oxygen atoms in total. The van der Waals surface area contributed by atoms with Crippen molar-refractivity contribution in [1.29, 1.82) is 0 Å². The zero-order chi connectivity index (χ0) is 14.8. The van der Waals surface area contributed by atoms with E-state index in [9.17, 15) is 4.79 Å². The second kappa shape index (κ2) is 5.32. The standard InChI is InChI=1S/C17H16N2O2/c1-13-3-5-14(6-4-13)18-11-12-19(17(18)20)15-7-9-16(21-2)10-8-15/h3-12H,1-2H3. The Morgan fingerprint density at radius 1 is 0.810 bits per heavy atom. The van der Waals surface area contributed by atoms with Crippen molar-refractivity contribution >= 4 is 0 Å². The van der Waals surface area contributed by atoms with Crippen molar-refractivity contribution in [1.82, 2.24) is 9.13 Å². The van der Waals surface area contributed by atoms with Crippen molar-refractivity contribution in [2.24, 2.45) is 0 Å². The molecule has 4 heteroatoms. The number of imidazole rings is 1. The number of ether oxygens (including phenoxy) is 1. The summed E-state index contributed by atoms with van der Waals surface area (Å²) in [6, 6.07) is 15.3. The summed E-state index contributed by atoms with van der Waals surface area (Å²) in [5, 5.41) is 0. The van der Waals surface area contributed by atoms with Crippen LogP contribution >= 0.6 is 0 Å². The van der Waals surface area contributed by atoms with Gasteiger partial charge < -0.3 is 4.74 Å². The first-order valence-corrected chi connectivity index (χ1v) is 6.70. The van der Waals surface area contributed by atoms with E-state index in [0.717, 1.165) is 17.1 Å². The maximum Gasteiger partial charge on any atom is 0.337 e. The van der Waals surface area contributed by atoms with E-state index in [0.29, 0.717) is 0 Å². The molecule has 0 aliphatic carbocycles. The van der Waals surface area contributed by atoms with Crippen molar-refractivity contribution in [2.45, 2.75) is 6.92 Å². The zero-order valence-corrected chi connectivity index (χ0v) is 12.0. The Kier molecular flexibility index (Phi) is 3.36. The number of methoxy groups -OCH3 is 1. The molecule has 3 aromatic rings. The summed E-state index contributed by atoms with van der Waals surface area (Å²) < 4.78 is 8.37. The van der Waals surface area contributed by atoms with E-state index in [1.54, 1.807) is 28.6 Å². The van der Waals surface area contributed by atoms with Crippen molar-refractivity contribution in [3.05, 3.63) is 77.0 Å². The number of aryl methyl sites for hydroxylation is 1. The highest BCUT2D eigenvalue weighted by Gasteiger charge is 2.07. The van der Waals surface area contributed by atoms with Crippen LogP contribution in [0.1, 0.15) is 5.56 Å². The molecule has 1 aromatic heterocycles. The van der Waals surface area contributed by atoms with E-state index in [1.165, 1.54) is 5.56 Å². The summed E-state index contributed by atoms with van der Waals surface area (Å²) in [6.45, 7) is 2.02. The van der Waals surface area contributed by atoms with Gasteiger partial charge in [-0.25, -0.2) is 4.79 Å². The average molecular weight is 280 g/mol. The first-order chi connectivity index (χ1) is 10.2. The van der Waals surface area contributed by atoms with Gasteiger partial charge in [-0.2, -0.15) is 0 Å². The van der Waals surface area contributed by atoms with Crippen molar-refractivity contribution < 1.29 is 4.74 Å². The number of benzene rings is 2. The Labute approximate surface area is 122 Å². The molecule has 2 aromatic carbocycles. The predicted molar refractivity (Wildman–Crippen MR) is 82.7 cm³/mol. The SMILES string of the molecule is COc1ccc(-n2ccn(-c3ccc(C)cc3)c2=O)cc1. The lowest BCUT2D eigenvalue weighted by Crippen LogP contribution is -2.21. The van der Waals surface area contributed by atoms with Crippen LogP contribution in [0.3, 0.4) is 0 Å². The highest BCUT2D eigenvalue weighted by molar-refractivity contribution is 5.39. The minimum Gasteiger partial charge on any atom is -0.497 e. The Morgan fingerprint density at radius 2 is 1.29 bits per heavy atom. The normalized spacial score (nSPS) is 10.6. The van der Waals surface area contributed by atoms with Crippen LogP contribution in [0.5, 0.6) is 5.75 Å². The smallest absolute Gasteiger partial charge is 0.337 e. The molecule has 0 aliphatic heterocycles. The fourth-order valence-corrected chi connectivity index (χ4v) is 2.22. The molecule has 0 aliphatic rings. The Hall–Kier alpha value is -2.75. The van der Waals surface area contributed by atoms with Crippen LogP contribution in [0.25, 0.3) is 11.4 Å². The summed E-state index contributed by atoms with van der Waals surface area (Å²) in [6.07, 6.45) is 3.54. The molecule has 0 saturated carbocycles. The van der Waals surface area contributed by atoms with Crippen molar-refractivity contribution in [3.63, 3.8) is 0 Å². The average Bonchev–Trinajstić information content (AvgIpc) is 2.90. The van der Waals surface area contributed by atoms with Crippen LogP contribution in [0.2, 0.25) is 0 Å². The van der Waals surface area contributed by atoms with E-state index in [2.05, 4.69) is 0 Å². The highest BCUT2D eigenvalue weighted by Crippen LogP contribution is 2.14. The largest absolute Gasteiger partial charge is 0.497 e. The number of hydrogen-bond donors (Lipinski definition) is 0. The summed E-state index contributed by atoms with van der Waals surface area (Å²) in [5.74, 6) is 0.768. The van der Waals surface area contributed by atoms with Crippen LogP contribution in [-0.2, 0) is 0 Å². The summed E-state index contributed by atoms with van der Waals surface area (Å²) >= 11 is 0. The Bertz CT molecular complexity index is 796. The Morgan fingerprint density at radius 3 is 1.76 bits per heavy atom. The van der Waals surface area contributed by atoms with E-state index in [1.807, 2.05) is 55.5 Å². The van der Waals surface area contributed by atoms with Gasteiger partial charge in [-0.3, -0.25) is 9.13 Å². The molecule has 106 valence electrons. The molecule has 3 rings (SSSR count). The van der Waals surface area contributed by atoms with E-state index in [4.69, 9.17) is 4.74 Å². The molecule has 0 saturated heterocycles. The van der Waals surface area contributed by atoms with Crippen LogP contribution < -0.4 is 10.4 Å². The number of aromatic nitrogens is 2. The van der Waals surface area contributed by atoms with Gasteiger partial charge in [0.25, 0.3) is 0 Å². The van der Waals surface area contributed by atoms with E-state index in [-0.39, 0.29) is 5.69 Å². The lowest BCUT2D eigenvalue weighted by molar-refractivity contribution is 0.414. The van der Waals surface area contributed by atoms with Crippen LogP contribution in [0.4, 0.5) is 0 Å². The second-order valence-corrected chi connectivity index (χ2v) is 4.85. The van der Waals surface area contributed by atoms with Gasteiger partial charge in [0.1, 0.15) is 5.75 Å². The molecule has 0 amide bonds. The first kappa shape index (κ1) is 13.2. The number of rotatable bonds is 3. The number of nitrogens with zero attached hydrogens (tertiary/aromatic N) is 2. The number of hydrogen-bond acceptors (Lipinski definition) is 2. The molecule has 21 heavy (non-hydrogen) atoms. The van der Waals surface area contributed by atoms with Gasteiger partial charge in [0.15, 0.2) is 0 Å². The third-order valence-electron chi connectivity index (χ3n) is 3.44. The third-order valence-corrected chi connectivity index (χ3v) is 3.44. The molecule has 0 fully saturated rings. The maximum atomic E-state index is 12.5. The second-order valence-electron chi connectivity index (χ2n) is 4.85. The molecule has 0 radical (unpaired) electrons. The highest BCUT2D eigenvalue weighted by atomic mass is 16.5. The summed E-state index contributed by atoms with van der Waals surface area (Å²) in [7, 11) is 1.62. The van der Waals surface area contributed by atoms with Gasteiger partial charge in [0, 0.05) is 12.4 Å². The lowest BCUT2D eigenvalue weighted by atomic mass is 10.2. The van der Waals surface area contributed by atoms with Gasteiger partial charge in [0.05, 0.1) is 18.5 Å². The predicted octanol–water partition coefficient (Wildman–Crippen LogP) is 2.95. The molecule has 1 heterocycles. The van der Waals surface area contributed by atoms with Gasteiger partial charge in [0.2, 0.25) is 0 Å².